The highest BCUT2D eigenvalue weighted by molar-refractivity contribution is 5.47. The lowest BCUT2D eigenvalue weighted by atomic mass is 10.1. The van der Waals surface area contributed by atoms with E-state index < -0.39 is 23.3 Å². The molecule has 2 nitrogen and oxygen atoms in total. The van der Waals surface area contributed by atoms with Gasteiger partial charge in [-0.05, 0) is 30.7 Å². The molecule has 2 aromatic carbocycles. The lowest BCUT2D eigenvalue weighted by molar-refractivity contribution is 0.286. The number of halogens is 4. The molecule has 0 bridgehead atoms. The van der Waals surface area contributed by atoms with E-state index in [0.29, 0.717) is 0 Å². The maximum atomic E-state index is 14.2. The number of benzene rings is 2. The van der Waals surface area contributed by atoms with E-state index in [0.717, 1.165) is 19.3 Å². The predicted molar refractivity (Wildman–Crippen MR) is 99.4 cm³/mol. The van der Waals surface area contributed by atoms with Crippen molar-refractivity contribution < 1.29 is 27.0 Å². The van der Waals surface area contributed by atoms with Crippen LogP contribution in [0.1, 0.15) is 37.3 Å². The van der Waals surface area contributed by atoms with Crippen molar-refractivity contribution in [2.24, 2.45) is 0 Å². The number of rotatable bonds is 8. The highest BCUT2D eigenvalue weighted by atomic mass is 19.2. The van der Waals surface area contributed by atoms with E-state index >= 15 is 0 Å². The Kier molecular flexibility index (Phi) is 7.94. The van der Waals surface area contributed by atoms with Gasteiger partial charge in [-0.3, -0.25) is 0 Å². The van der Waals surface area contributed by atoms with Crippen molar-refractivity contribution in [3.05, 3.63) is 71.3 Å². The van der Waals surface area contributed by atoms with Crippen LogP contribution >= 0.6 is 0 Å². The predicted octanol–water partition coefficient (Wildman–Crippen LogP) is 5.78. The van der Waals surface area contributed by atoms with Crippen molar-refractivity contribution in [1.82, 2.24) is 0 Å². The minimum Gasteiger partial charge on any atom is -0.490 e. The third-order valence-electron chi connectivity index (χ3n) is 3.79. The van der Waals surface area contributed by atoms with E-state index in [9.17, 15) is 17.6 Å². The zero-order valence-electron chi connectivity index (χ0n) is 15.5. The summed E-state index contributed by atoms with van der Waals surface area (Å²) in [5.74, 6) is -0.671. The molecular formula is C22H20F4O2. The molecule has 0 atom stereocenters. The fourth-order valence-corrected chi connectivity index (χ4v) is 2.30. The van der Waals surface area contributed by atoms with Crippen LogP contribution in [-0.2, 0) is 0 Å². The Morgan fingerprint density at radius 2 is 1.36 bits per heavy atom. The molecule has 2 aromatic rings. The smallest absolute Gasteiger partial charge is 0.201 e. The Morgan fingerprint density at radius 1 is 0.821 bits per heavy atom. The molecule has 0 unspecified atom stereocenters. The monoisotopic (exact) mass is 392 g/mol. The van der Waals surface area contributed by atoms with Gasteiger partial charge in [-0.15, -0.1) is 0 Å². The molecule has 0 heterocycles. The maximum absolute atomic E-state index is 14.2. The Bertz CT molecular complexity index is 898. The average Bonchev–Trinajstić information content (AvgIpc) is 2.69. The van der Waals surface area contributed by atoms with Gasteiger partial charge in [0.1, 0.15) is 6.61 Å². The Hall–Kier alpha value is -2.94. The highest BCUT2D eigenvalue weighted by Gasteiger charge is 2.15. The number of unbranched alkanes of at least 4 members (excludes halogenated alkanes) is 2. The van der Waals surface area contributed by atoms with Crippen molar-refractivity contribution >= 4 is 0 Å². The largest absolute Gasteiger partial charge is 0.490 e. The Labute approximate surface area is 161 Å². The molecule has 0 saturated heterocycles. The summed E-state index contributed by atoms with van der Waals surface area (Å²) in [6.45, 7) is 5.72. The van der Waals surface area contributed by atoms with E-state index in [1.807, 2.05) is 6.92 Å². The first kappa shape index (κ1) is 21.4. The van der Waals surface area contributed by atoms with Gasteiger partial charge in [-0.1, -0.05) is 44.3 Å². The Balaban J connectivity index is 2.21. The maximum Gasteiger partial charge on any atom is 0.201 e. The van der Waals surface area contributed by atoms with Gasteiger partial charge in [0.25, 0.3) is 0 Å². The first-order chi connectivity index (χ1) is 13.5. The summed E-state index contributed by atoms with van der Waals surface area (Å²) in [7, 11) is 0. The van der Waals surface area contributed by atoms with Crippen LogP contribution in [0.15, 0.2) is 36.9 Å². The lowest BCUT2D eigenvalue weighted by Gasteiger charge is -2.08. The van der Waals surface area contributed by atoms with Crippen LogP contribution in [0.4, 0.5) is 17.6 Å². The summed E-state index contributed by atoms with van der Waals surface area (Å²) in [5.41, 5.74) is -0.589. The van der Waals surface area contributed by atoms with Gasteiger partial charge in [-0.2, -0.15) is 8.78 Å². The van der Waals surface area contributed by atoms with Crippen LogP contribution in [0.5, 0.6) is 11.5 Å². The fraction of sp³-hybridized carbons (Fsp3) is 0.273. The number of hydrogen-bond donors (Lipinski definition) is 0. The van der Waals surface area contributed by atoms with Gasteiger partial charge in [0, 0.05) is 0 Å². The van der Waals surface area contributed by atoms with E-state index in [4.69, 9.17) is 9.47 Å². The number of ether oxygens (including phenoxy) is 2. The van der Waals surface area contributed by atoms with Crippen molar-refractivity contribution in [2.45, 2.75) is 26.2 Å². The zero-order chi connectivity index (χ0) is 20.5. The molecule has 6 heteroatoms. The van der Waals surface area contributed by atoms with Gasteiger partial charge >= 0.3 is 0 Å². The quantitative estimate of drug-likeness (QED) is 0.246. The topological polar surface area (TPSA) is 18.5 Å². The van der Waals surface area contributed by atoms with Crippen molar-refractivity contribution in [3.8, 4) is 23.3 Å². The van der Waals surface area contributed by atoms with E-state index in [1.54, 1.807) is 0 Å². The molecule has 0 N–H and O–H groups in total. The van der Waals surface area contributed by atoms with Gasteiger partial charge < -0.3 is 9.47 Å². The second kappa shape index (κ2) is 10.4. The van der Waals surface area contributed by atoms with E-state index in [2.05, 4.69) is 18.4 Å². The molecular weight excluding hydrogens is 372 g/mol. The van der Waals surface area contributed by atoms with Crippen LogP contribution in [0.3, 0.4) is 0 Å². The minimum atomic E-state index is -1.23. The average molecular weight is 392 g/mol. The second-order valence-electron chi connectivity index (χ2n) is 5.88. The normalized spacial score (nSPS) is 10.2. The lowest BCUT2D eigenvalue weighted by Crippen LogP contribution is -2.02. The summed E-state index contributed by atoms with van der Waals surface area (Å²) in [4.78, 5) is 0. The number of hydrogen-bond acceptors (Lipinski definition) is 2. The first-order valence-electron chi connectivity index (χ1n) is 8.84. The molecule has 0 fully saturated rings. The van der Waals surface area contributed by atoms with Gasteiger partial charge in [0.15, 0.2) is 23.1 Å². The standard InChI is InChI=1S/C22H20F4O2/c1-3-5-6-14-28-18-12-10-16(20(24)22(18)26)8-7-15-9-11-17(27-13-4-2)21(25)19(15)23/h4,9-12H,2-3,5-6,13-14H2,1H3. The summed E-state index contributed by atoms with van der Waals surface area (Å²) in [6.07, 6.45) is 4.02. The molecule has 148 valence electrons. The first-order valence-corrected chi connectivity index (χ1v) is 8.84. The van der Waals surface area contributed by atoms with Crippen LogP contribution in [0.25, 0.3) is 0 Å². The van der Waals surface area contributed by atoms with E-state index in [-0.39, 0.29) is 35.8 Å². The van der Waals surface area contributed by atoms with Crippen LogP contribution < -0.4 is 9.47 Å². The summed E-state index contributed by atoms with van der Waals surface area (Å²) < 4.78 is 66.4. The third-order valence-corrected chi connectivity index (χ3v) is 3.79. The fourth-order valence-electron chi connectivity index (χ4n) is 2.30. The van der Waals surface area contributed by atoms with Crippen LogP contribution in [0, 0.1) is 35.1 Å². The summed E-state index contributed by atoms with van der Waals surface area (Å²) >= 11 is 0. The van der Waals surface area contributed by atoms with Crippen molar-refractivity contribution in [3.63, 3.8) is 0 Å². The molecule has 0 aliphatic carbocycles. The summed E-state index contributed by atoms with van der Waals surface area (Å²) in [6, 6.07) is 4.90. The zero-order valence-corrected chi connectivity index (χ0v) is 15.5. The molecule has 2 rings (SSSR count). The molecule has 0 aromatic heterocycles. The highest BCUT2D eigenvalue weighted by Crippen LogP contribution is 2.24. The van der Waals surface area contributed by atoms with Crippen LogP contribution in [-0.4, -0.2) is 13.2 Å². The SMILES string of the molecule is C=CCOc1ccc(C#Cc2ccc(OCCCCC)c(F)c2F)c(F)c1F. The molecule has 0 aliphatic heterocycles. The molecule has 0 amide bonds. The second-order valence-corrected chi connectivity index (χ2v) is 5.88. The van der Waals surface area contributed by atoms with Gasteiger partial charge in [0.05, 0.1) is 17.7 Å². The van der Waals surface area contributed by atoms with Crippen molar-refractivity contribution in [1.29, 1.82) is 0 Å². The van der Waals surface area contributed by atoms with Gasteiger partial charge in [0.2, 0.25) is 11.6 Å². The third kappa shape index (κ3) is 5.29. The molecule has 0 aliphatic rings. The van der Waals surface area contributed by atoms with Crippen molar-refractivity contribution in [2.75, 3.05) is 13.2 Å². The van der Waals surface area contributed by atoms with Gasteiger partial charge in [-0.25, -0.2) is 8.78 Å². The molecule has 0 spiro atoms. The summed E-state index contributed by atoms with van der Waals surface area (Å²) in [5, 5.41) is 0. The Morgan fingerprint density at radius 3 is 1.86 bits per heavy atom. The van der Waals surface area contributed by atoms with E-state index in [1.165, 1.54) is 30.3 Å². The molecule has 0 radical (unpaired) electrons. The van der Waals surface area contributed by atoms with Crippen LogP contribution in [0.2, 0.25) is 0 Å². The molecule has 0 saturated carbocycles. The molecule has 28 heavy (non-hydrogen) atoms. The minimum absolute atomic E-state index is 0.0126.